The van der Waals surface area contributed by atoms with Gasteiger partial charge in [-0.05, 0) is 43.7 Å². The van der Waals surface area contributed by atoms with Crippen LogP contribution in [0.3, 0.4) is 0 Å². The van der Waals surface area contributed by atoms with E-state index in [1.165, 1.54) is 6.26 Å². The molecule has 3 aromatic rings. The predicted molar refractivity (Wildman–Crippen MR) is 87.8 cm³/mol. The quantitative estimate of drug-likeness (QED) is 0.773. The monoisotopic (exact) mass is 326 g/mol. The summed E-state index contributed by atoms with van der Waals surface area (Å²) < 4.78 is 15.7. The zero-order valence-corrected chi connectivity index (χ0v) is 13.7. The third-order valence-electron chi connectivity index (χ3n) is 3.80. The van der Waals surface area contributed by atoms with E-state index in [-0.39, 0.29) is 11.9 Å². The van der Waals surface area contributed by atoms with Crippen LogP contribution in [0.2, 0.25) is 0 Å². The lowest BCUT2D eigenvalue weighted by atomic mass is 10.1. The molecule has 24 heavy (non-hydrogen) atoms. The van der Waals surface area contributed by atoms with Crippen LogP contribution in [0.25, 0.3) is 11.5 Å². The molecule has 3 rings (SSSR count). The zero-order valence-electron chi connectivity index (χ0n) is 13.7. The van der Waals surface area contributed by atoms with Gasteiger partial charge in [0.1, 0.15) is 11.3 Å². The van der Waals surface area contributed by atoms with Crippen LogP contribution in [0.4, 0.5) is 0 Å². The van der Waals surface area contributed by atoms with E-state index in [2.05, 4.69) is 10.5 Å². The van der Waals surface area contributed by atoms with E-state index in [1.807, 2.05) is 31.2 Å². The molecule has 0 aliphatic rings. The van der Waals surface area contributed by atoms with Crippen LogP contribution in [0.5, 0.6) is 5.75 Å². The highest BCUT2D eigenvalue weighted by molar-refractivity contribution is 6.00. The van der Waals surface area contributed by atoms with E-state index in [0.29, 0.717) is 22.8 Å². The molecule has 0 radical (unpaired) electrons. The van der Waals surface area contributed by atoms with Crippen LogP contribution in [-0.4, -0.2) is 18.2 Å². The fourth-order valence-corrected chi connectivity index (χ4v) is 2.46. The number of nitrogens with one attached hydrogen (secondary N) is 1. The van der Waals surface area contributed by atoms with Crippen molar-refractivity contribution in [1.29, 1.82) is 0 Å². The average Bonchev–Trinajstić information content (AvgIpc) is 3.24. The van der Waals surface area contributed by atoms with Crippen LogP contribution in [0.15, 0.2) is 51.6 Å². The van der Waals surface area contributed by atoms with Crippen molar-refractivity contribution >= 4 is 5.91 Å². The molecule has 6 nitrogen and oxygen atoms in total. The summed E-state index contributed by atoms with van der Waals surface area (Å²) in [5.74, 6) is 1.31. The smallest absolute Gasteiger partial charge is 0.257 e. The number of hydrogen-bond donors (Lipinski definition) is 1. The number of nitrogens with zero attached hydrogens (tertiary/aromatic N) is 1. The number of hydrogen-bond acceptors (Lipinski definition) is 5. The first kappa shape index (κ1) is 15.9. The van der Waals surface area contributed by atoms with Gasteiger partial charge >= 0.3 is 0 Å². The topological polar surface area (TPSA) is 77.5 Å². The van der Waals surface area contributed by atoms with Crippen LogP contribution in [-0.2, 0) is 0 Å². The molecule has 6 heteroatoms. The maximum Gasteiger partial charge on any atom is 0.257 e. The van der Waals surface area contributed by atoms with Gasteiger partial charge in [-0.3, -0.25) is 4.79 Å². The number of furan rings is 1. The second-order valence-electron chi connectivity index (χ2n) is 5.42. The molecule has 0 bridgehead atoms. The van der Waals surface area contributed by atoms with Crippen molar-refractivity contribution < 1.29 is 18.5 Å². The van der Waals surface area contributed by atoms with E-state index in [1.54, 1.807) is 26.2 Å². The van der Waals surface area contributed by atoms with E-state index in [4.69, 9.17) is 13.7 Å². The van der Waals surface area contributed by atoms with Crippen LogP contribution >= 0.6 is 0 Å². The number of carbonyl (C=O) groups is 1. The maximum atomic E-state index is 12.7. The Hall–Kier alpha value is -3.02. The van der Waals surface area contributed by atoms with Gasteiger partial charge in [-0.1, -0.05) is 17.3 Å². The molecule has 0 aliphatic heterocycles. The normalized spacial score (nSPS) is 12.0. The minimum atomic E-state index is -0.261. The standard InChI is InChI=1S/C18H18N2O4/c1-11(13-6-8-14(22-3)9-7-13)19-18(21)16-12(2)20-24-17(16)15-5-4-10-23-15/h4-11H,1-3H3,(H,19,21)/t11-/m0/s1. The Morgan fingerprint density at radius 1 is 1.25 bits per heavy atom. The highest BCUT2D eigenvalue weighted by atomic mass is 16.5. The third-order valence-corrected chi connectivity index (χ3v) is 3.80. The molecular formula is C18H18N2O4. The maximum absolute atomic E-state index is 12.7. The first-order valence-electron chi connectivity index (χ1n) is 7.55. The Bertz CT molecular complexity index is 819. The summed E-state index contributed by atoms with van der Waals surface area (Å²) in [5.41, 5.74) is 1.86. The summed E-state index contributed by atoms with van der Waals surface area (Å²) in [6.07, 6.45) is 1.52. The second-order valence-corrected chi connectivity index (χ2v) is 5.42. The molecule has 124 valence electrons. The number of benzene rings is 1. The van der Waals surface area contributed by atoms with Crippen LogP contribution in [0, 0.1) is 6.92 Å². The SMILES string of the molecule is COc1ccc([C@H](C)NC(=O)c2c(C)noc2-c2ccco2)cc1. The molecule has 0 spiro atoms. The van der Waals surface area contributed by atoms with Crippen LogP contribution in [0.1, 0.15) is 34.6 Å². The highest BCUT2D eigenvalue weighted by Gasteiger charge is 2.24. The highest BCUT2D eigenvalue weighted by Crippen LogP contribution is 2.27. The van der Waals surface area contributed by atoms with Gasteiger partial charge < -0.3 is 19.0 Å². The van der Waals surface area contributed by atoms with Gasteiger partial charge in [-0.15, -0.1) is 0 Å². The Balaban J connectivity index is 1.81. The first-order chi connectivity index (χ1) is 11.6. The van der Waals surface area contributed by atoms with Crippen molar-refractivity contribution in [2.75, 3.05) is 7.11 Å². The summed E-state index contributed by atoms with van der Waals surface area (Å²) in [6.45, 7) is 3.64. The predicted octanol–water partition coefficient (Wildman–Crippen LogP) is 3.74. The Labute approximate surface area is 139 Å². The van der Waals surface area contributed by atoms with Gasteiger partial charge in [0.25, 0.3) is 5.91 Å². The number of carbonyl (C=O) groups excluding carboxylic acids is 1. The molecule has 1 amide bonds. The molecule has 2 aromatic heterocycles. The van der Waals surface area contributed by atoms with Crippen molar-refractivity contribution in [3.63, 3.8) is 0 Å². The average molecular weight is 326 g/mol. The molecule has 1 N–H and O–H groups in total. The van der Waals surface area contributed by atoms with Gasteiger partial charge in [0, 0.05) is 0 Å². The summed E-state index contributed by atoms with van der Waals surface area (Å²) in [5, 5.41) is 6.84. The number of methoxy groups -OCH3 is 1. The van der Waals surface area contributed by atoms with E-state index in [0.717, 1.165) is 11.3 Å². The number of aryl methyl sites for hydroxylation is 1. The third kappa shape index (κ3) is 3.03. The van der Waals surface area contributed by atoms with E-state index < -0.39 is 0 Å². The minimum Gasteiger partial charge on any atom is -0.497 e. The Morgan fingerprint density at radius 3 is 2.62 bits per heavy atom. The Morgan fingerprint density at radius 2 is 2.00 bits per heavy atom. The van der Waals surface area contributed by atoms with Gasteiger partial charge in [0.05, 0.1) is 25.1 Å². The van der Waals surface area contributed by atoms with Crippen molar-refractivity contribution in [3.8, 4) is 17.3 Å². The fraction of sp³-hybridized carbons (Fsp3) is 0.222. The molecule has 0 saturated carbocycles. The van der Waals surface area contributed by atoms with Gasteiger partial charge in [-0.2, -0.15) is 0 Å². The summed E-state index contributed by atoms with van der Waals surface area (Å²) in [7, 11) is 1.62. The van der Waals surface area contributed by atoms with Gasteiger partial charge in [0.15, 0.2) is 5.76 Å². The number of rotatable bonds is 5. The van der Waals surface area contributed by atoms with Crippen molar-refractivity contribution in [1.82, 2.24) is 10.5 Å². The van der Waals surface area contributed by atoms with Crippen molar-refractivity contribution in [3.05, 3.63) is 59.5 Å². The molecule has 2 heterocycles. The van der Waals surface area contributed by atoms with Crippen molar-refractivity contribution in [2.45, 2.75) is 19.9 Å². The molecule has 0 fully saturated rings. The van der Waals surface area contributed by atoms with E-state index >= 15 is 0 Å². The lowest BCUT2D eigenvalue weighted by molar-refractivity contribution is 0.0939. The van der Waals surface area contributed by atoms with Crippen molar-refractivity contribution in [2.24, 2.45) is 0 Å². The lowest BCUT2D eigenvalue weighted by Crippen LogP contribution is -2.27. The molecule has 1 atom stereocenters. The number of aromatic nitrogens is 1. The summed E-state index contributed by atoms with van der Waals surface area (Å²) in [6, 6.07) is 10.8. The zero-order chi connectivity index (χ0) is 17.1. The number of amides is 1. The first-order valence-corrected chi connectivity index (χ1v) is 7.55. The van der Waals surface area contributed by atoms with E-state index in [9.17, 15) is 4.79 Å². The van der Waals surface area contributed by atoms with Crippen LogP contribution < -0.4 is 10.1 Å². The summed E-state index contributed by atoms with van der Waals surface area (Å²) >= 11 is 0. The summed E-state index contributed by atoms with van der Waals surface area (Å²) in [4.78, 5) is 12.7. The molecule has 0 unspecified atom stereocenters. The largest absolute Gasteiger partial charge is 0.497 e. The molecule has 1 aromatic carbocycles. The molecule has 0 aliphatic carbocycles. The van der Waals surface area contributed by atoms with Gasteiger partial charge in [0.2, 0.25) is 5.76 Å². The second kappa shape index (κ2) is 6.62. The number of ether oxygens (including phenoxy) is 1. The fourth-order valence-electron chi connectivity index (χ4n) is 2.46. The minimum absolute atomic E-state index is 0.179. The lowest BCUT2D eigenvalue weighted by Gasteiger charge is -2.14. The van der Waals surface area contributed by atoms with Gasteiger partial charge in [-0.25, -0.2) is 0 Å². The molecule has 0 saturated heterocycles. The molecular weight excluding hydrogens is 308 g/mol. The Kier molecular flexibility index (Phi) is 4.37.